The molecule has 0 radical (unpaired) electrons. The first kappa shape index (κ1) is 17.1. The lowest BCUT2D eigenvalue weighted by Gasteiger charge is -2.33. The number of halogens is 3. The number of carbonyl (C=O) groups excluding carboxylic acids is 1. The van der Waals surface area contributed by atoms with Crippen molar-refractivity contribution in [3.8, 4) is 5.75 Å². The molecule has 2 aromatic carbocycles. The van der Waals surface area contributed by atoms with Gasteiger partial charge in [0.05, 0.1) is 0 Å². The second-order valence-electron chi connectivity index (χ2n) is 5.71. The zero-order valence-electron chi connectivity index (χ0n) is 13.1. The Morgan fingerprint density at radius 3 is 2.52 bits per heavy atom. The highest BCUT2D eigenvalue weighted by Crippen LogP contribution is 2.28. The van der Waals surface area contributed by atoms with Gasteiger partial charge in [0.15, 0.2) is 0 Å². The molecule has 3 rings (SSSR count). The van der Waals surface area contributed by atoms with E-state index in [0.29, 0.717) is 18.7 Å². The van der Waals surface area contributed by atoms with Gasteiger partial charge in [0.2, 0.25) is 0 Å². The first-order valence-electron chi connectivity index (χ1n) is 7.59. The van der Waals surface area contributed by atoms with Gasteiger partial charge in [0, 0.05) is 24.0 Å². The van der Waals surface area contributed by atoms with Crippen LogP contribution < -0.4 is 20.7 Å². The van der Waals surface area contributed by atoms with Crippen LogP contribution in [-0.2, 0) is 6.42 Å². The van der Waals surface area contributed by atoms with Gasteiger partial charge in [-0.1, -0.05) is 18.2 Å². The van der Waals surface area contributed by atoms with Crippen LogP contribution in [0.25, 0.3) is 0 Å². The predicted molar refractivity (Wildman–Crippen MR) is 87.6 cm³/mol. The predicted octanol–water partition coefficient (Wildman–Crippen LogP) is 3.51. The fourth-order valence-corrected chi connectivity index (χ4v) is 2.75. The van der Waals surface area contributed by atoms with E-state index in [1.54, 1.807) is 0 Å². The van der Waals surface area contributed by atoms with E-state index in [1.807, 2.05) is 24.3 Å². The summed E-state index contributed by atoms with van der Waals surface area (Å²) < 4.78 is 40.3. The summed E-state index contributed by atoms with van der Waals surface area (Å²) in [6.45, 7) is 0.359. The average Bonchev–Trinajstić information content (AvgIpc) is 2.54. The van der Waals surface area contributed by atoms with Gasteiger partial charge < -0.3 is 15.8 Å². The van der Waals surface area contributed by atoms with Crippen molar-refractivity contribution in [1.82, 2.24) is 0 Å². The SMILES string of the molecule is NC1Cc2ccccc2N(C(=O)Nc2ccc(OC(F)(F)F)cc2)C1. The number of amides is 2. The molecule has 1 aliphatic rings. The minimum Gasteiger partial charge on any atom is -0.406 e. The van der Waals surface area contributed by atoms with Crippen molar-refractivity contribution in [3.05, 3.63) is 54.1 Å². The van der Waals surface area contributed by atoms with E-state index in [-0.39, 0.29) is 11.8 Å². The molecule has 8 heteroatoms. The van der Waals surface area contributed by atoms with E-state index < -0.39 is 12.4 Å². The van der Waals surface area contributed by atoms with E-state index in [4.69, 9.17) is 5.73 Å². The lowest BCUT2D eigenvalue weighted by atomic mass is 9.99. The van der Waals surface area contributed by atoms with Crippen molar-refractivity contribution in [2.24, 2.45) is 5.73 Å². The maximum absolute atomic E-state index is 12.5. The zero-order chi connectivity index (χ0) is 18.0. The molecule has 3 N–H and O–H groups in total. The number of hydrogen-bond acceptors (Lipinski definition) is 3. The largest absolute Gasteiger partial charge is 0.573 e. The van der Waals surface area contributed by atoms with Crippen molar-refractivity contribution < 1.29 is 22.7 Å². The molecule has 1 aliphatic heterocycles. The third-order valence-corrected chi connectivity index (χ3v) is 3.77. The number of benzene rings is 2. The Labute approximate surface area is 142 Å². The van der Waals surface area contributed by atoms with Crippen LogP contribution in [0.4, 0.5) is 29.3 Å². The van der Waals surface area contributed by atoms with E-state index >= 15 is 0 Å². The normalized spacial score (nSPS) is 17.0. The molecule has 2 amide bonds. The molecule has 2 aromatic rings. The van der Waals surface area contributed by atoms with Crippen LogP contribution in [0.1, 0.15) is 5.56 Å². The number of nitrogens with one attached hydrogen (secondary N) is 1. The third kappa shape index (κ3) is 4.21. The van der Waals surface area contributed by atoms with Crippen LogP contribution in [0.15, 0.2) is 48.5 Å². The minimum absolute atomic E-state index is 0.178. The summed E-state index contributed by atoms with van der Waals surface area (Å²) in [5.74, 6) is -0.351. The number of fused-ring (bicyclic) bond motifs is 1. The molecule has 0 spiro atoms. The standard InChI is InChI=1S/C17H16F3N3O2/c18-17(19,20)25-14-7-5-13(6-8-14)22-16(24)23-10-12(21)9-11-3-1-2-4-15(11)23/h1-8,12H,9-10,21H2,(H,22,24). The number of alkyl halides is 3. The number of nitrogens with two attached hydrogens (primary N) is 1. The van der Waals surface area contributed by atoms with Crippen molar-refractivity contribution in [2.75, 3.05) is 16.8 Å². The quantitative estimate of drug-likeness (QED) is 0.870. The number of anilines is 2. The second kappa shape index (κ2) is 6.64. The molecule has 0 saturated heterocycles. The smallest absolute Gasteiger partial charge is 0.406 e. The fourth-order valence-electron chi connectivity index (χ4n) is 2.75. The number of rotatable bonds is 2. The number of hydrogen-bond donors (Lipinski definition) is 2. The Morgan fingerprint density at radius 2 is 1.84 bits per heavy atom. The summed E-state index contributed by atoms with van der Waals surface area (Å²) in [7, 11) is 0. The molecule has 1 unspecified atom stereocenters. The van der Waals surface area contributed by atoms with Crippen molar-refractivity contribution in [2.45, 2.75) is 18.8 Å². The van der Waals surface area contributed by atoms with Gasteiger partial charge in [-0.2, -0.15) is 0 Å². The summed E-state index contributed by atoms with van der Waals surface area (Å²) >= 11 is 0. The highest BCUT2D eigenvalue weighted by atomic mass is 19.4. The monoisotopic (exact) mass is 351 g/mol. The van der Waals surface area contributed by atoms with E-state index in [1.165, 1.54) is 17.0 Å². The molecule has 1 atom stereocenters. The van der Waals surface area contributed by atoms with Gasteiger partial charge in [-0.15, -0.1) is 13.2 Å². The summed E-state index contributed by atoms with van der Waals surface area (Å²) in [6.07, 6.45) is -4.07. The molecule has 0 aliphatic carbocycles. The van der Waals surface area contributed by atoms with E-state index in [9.17, 15) is 18.0 Å². The molecule has 1 heterocycles. The Hall–Kier alpha value is -2.74. The first-order chi connectivity index (χ1) is 11.8. The van der Waals surface area contributed by atoms with Crippen LogP contribution in [-0.4, -0.2) is 25.0 Å². The van der Waals surface area contributed by atoms with Gasteiger partial charge in [-0.25, -0.2) is 4.79 Å². The number of para-hydroxylation sites is 1. The molecule has 0 fully saturated rings. The van der Waals surface area contributed by atoms with Gasteiger partial charge in [0.25, 0.3) is 0 Å². The summed E-state index contributed by atoms with van der Waals surface area (Å²) in [4.78, 5) is 14.1. The molecule has 0 bridgehead atoms. The van der Waals surface area contributed by atoms with Crippen LogP contribution in [0, 0.1) is 0 Å². The van der Waals surface area contributed by atoms with Crippen LogP contribution >= 0.6 is 0 Å². The van der Waals surface area contributed by atoms with Gasteiger partial charge in [0.1, 0.15) is 5.75 Å². The zero-order valence-corrected chi connectivity index (χ0v) is 13.1. The first-order valence-corrected chi connectivity index (χ1v) is 7.59. The highest BCUT2D eigenvalue weighted by Gasteiger charge is 2.31. The number of nitrogens with zero attached hydrogens (tertiary/aromatic N) is 1. The maximum Gasteiger partial charge on any atom is 0.573 e. The van der Waals surface area contributed by atoms with Crippen molar-refractivity contribution >= 4 is 17.4 Å². The number of urea groups is 1. The van der Waals surface area contributed by atoms with Gasteiger partial charge in [-0.05, 0) is 42.3 Å². The Balaban J connectivity index is 1.72. The Morgan fingerprint density at radius 1 is 1.16 bits per heavy atom. The Bertz CT molecular complexity index is 762. The molecule has 5 nitrogen and oxygen atoms in total. The molecule has 0 aromatic heterocycles. The average molecular weight is 351 g/mol. The third-order valence-electron chi connectivity index (χ3n) is 3.77. The molecular formula is C17H16F3N3O2. The lowest BCUT2D eigenvalue weighted by molar-refractivity contribution is -0.274. The molecule has 132 valence electrons. The fraction of sp³-hybridized carbons (Fsp3) is 0.235. The highest BCUT2D eigenvalue weighted by molar-refractivity contribution is 6.02. The van der Waals surface area contributed by atoms with E-state index in [0.717, 1.165) is 23.4 Å². The van der Waals surface area contributed by atoms with Gasteiger partial charge in [-0.3, -0.25) is 4.90 Å². The van der Waals surface area contributed by atoms with Crippen LogP contribution in [0.3, 0.4) is 0 Å². The summed E-state index contributed by atoms with van der Waals surface area (Å²) in [6, 6.07) is 11.8. The Kier molecular flexibility index (Phi) is 4.54. The maximum atomic E-state index is 12.5. The number of carbonyl (C=O) groups is 1. The topological polar surface area (TPSA) is 67.6 Å². The van der Waals surface area contributed by atoms with Crippen molar-refractivity contribution in [1.29, 1.82) is 0 Å². The summed E-state index contributed by atoms with van der Waals surface area (Å²) in [5.41, 5.74) is 8.12. The van der Waals surface area contributed by atoms with Crippen LogP contribution in [0.5, 0.6) is 5.75 Å². The molecular weight excluding hydrogens is 335 g/mol. The van der Waals surface area contributed by atoms with Crippen LogP contribution in [0.2, 0.25) is 0 Å². The molecule has 0 saturated carbocycles. The lowest BCUT2D eigenvalue weighted by Crippen LogP contribution is -2.47. The second-order valence-corrected chi connectivity index (χ2v) is 5.71. The summed E-state index contributed by atoms with van der Waals surface area (Å²) in [5, 5.41) is 2.66. The van der Waals surface area contributed by atoms with E-state index in [2.05, 4.69) is 10.1 Å². The minimum atomic E-state index is -4.75. The molecule has 25 heavy (non-hydrogen) atoms. The van der Waals surface area contributed by atoms with Gasteiger partial charge >= 0.3 is 12.4 Å². The van der Waals surface area contributed by atoms with Crippen molar-refractivity contribution in [3.63, 3.8) is 0 Å². The number of ether oxygens (including phenoxy) is 1.